The number of benzene rings is 1. The summed E-state index contributed by atoms with van der Waals surface area (Å²) in [6.45, 7) is 0. The van der Waals surface area contributed by atoms with Crippen molar-refractivity contribution in [3.05, 3.63) is 48.2 Å². The van der Waals surface area contributed by atoms with Gasteiger partial charge in [0.2, 0.25) is 0 Å². The fourth-order valence-electron chi connectivity index (χ4n) is 2.76. The Labute approximate surface area is 130 Å². The molecule has 0 saturated heterocycles. The minimum absolute atomic E-state index is 0.452. The highest BCUT2D eigenvalue weighted by Gasteiger charge is 2.19. The third-order valence-corrected chi connectivity index (χ3v) is 4.18. The van der Waals surface area contributed by atoms with Crippen LogP contribution in [0.2, 0.25) is 0 Å². The standard InChI is InChI=1S/C17H22N5/c1-20(2)14-11-9-13(10-12-14)18-19-17-21(3)15-7-5-6-8-16(15)22(17)4/h5-11,14H,12H2,1-4H3/q+1. The van der Waals surface area contributed by atoms with Gasteiger partial charge >= 0.3 is 5.95 Å². The predicted molar refractivity (Wildman–Crippen MR) is 87.9 cm³/mol. The SMILES string of the molecule is CN(C)C1C=CC(N=Nc2n(C)c3ccccc3[n+]2C)=CC1. The van der Waals surface area contributed by atoms with Crippen molar-refractivity contribution in [1.82, 2.24) is 9.47 Å². The first kappa shape index (κ1) is 14.7. The Morgan fingerprint density at radius 1 is 1.23 bits per heavy atom. The largest absolute Gasteiger partial charge is 0.422 e. The van der Waals surface area contributed by atoms with Crippen molar-refractivity contribution >= 4 is 17.0 Å². The molecule has 1 heterocycles. The van der Waals surface area contributed by atoms with E-state index in [4.69, 9.17) is 0 Å². The molecule has 1 aliphatic carbocycles. The lowest BCUT2D eigenvalue weighted by atomic mass is 10.1. The van der Waals surface area contributed by atoms with Crippen molar-refractivity contribution in [1.29, 1.82) is 0 Å². The van der Waals surface area contributed by atoms with Crippen LogP contribution >= 0.6 is 0 Å². The molecule has 1 aromatic heterocycles. The van der Waals surface area contributed by atoms with Crippen molar-refractivity contribution in [2.45, 2.75) is 12.5 Å². The molecule has 1 unspecified atom stereocenters. The molecule has 0 radical (unpaired) electrons. The second kappa shape index (κ2) is 5.85. The van der Waals surface area contributed by atoms with E-state index in [1.807, 2.05) is 32.3 Å². The summed E-state index contributed by atoms with van der Waals surface area (Å²) in [5.74, 6) is 0.838. The number of para-hydroxylation sites is 2. The molecule has 2 aromatic rings. The van der Waals surface area contributed by atoms with Gasteiger partial charge in [0.15, 0.2) is 0 Å². The van der Waals surface area contributed by atoms with Crippen LogP contribution in [0.15, 0.2) is 58.4 Å². The second-order valence-corrected chi connectivity index (χ2v) is 5.86. The maximum atomic E-state index is 4.45. The molecule has 0 aliphatic heterocycles. The zero-order chi connectivity index (χ0) is 15.7. The molecule has 0 fully saturated rings. The number of imidazole rings is 1. The Kier molecular flexibility index (Phi) is 3.90. The first-order chi connectivity index (χ1) is 10.6. The Hall–Kier alpha value is -2.27. The molecule has 1 aromatic carbocycles. The first-order valence-electron chi connectivity index (χ1n) is 7.48. The van der Waals surface area contributed by atoms with Crippen LogP contribution in [0.3, 0.4) is 0 Å². The molecule has 22 heavy (non-hydrogen) atoms. The van der Waals surface area contributed by atoms with E-state index in [0.717, 1.165) is 29.1 Å². The van der Waals surface area contributed by atoms with Crippen molar-refractivity contribution in [3.63, 3.8) is 0 Å². The van der Waals surface area contributed by atoms with Crippen LogP contribution in [0.25, 0.3) is 11.0 Å². The third-order valence-electron chi connectivity index (χ3n) is 4.18. The van der Waals surface area contributed by atoms with Crippen LogP contribution < -0.4 is 4.57 Å². The number of hydrogen-bond acceptors (Lipinski definition) is 3. The van der Waals surface area contributed by atoms with Gasteiger partial charge in [-0.3, -0.25) is 0 Å². The van der Waals surface area contributed by atoms with Gasteiger partial charge in [0, 0.05) is 11.2 Å². The number of aromatic nitrogens is 2. The minimum Gasteiger partial charge on any atom is -0.303 e. The topological polar surface area (TPSA) is 36.8 Å². The summed E-state index contributed by atoms with van der Waals surface area (Å²) in [7, 11) is 8.21. The van der Waals surface area contributed by atoms with E-state index in [1.54, 1.807) is 0 Å². The van der Waals surface area contributed by atoms with Crippen LogP contribution in [0.5, 0.6) is 0 Å². The van der Waals surface area contributed by atoms with Gasteiger partial charge in [0.1, 0.15) is 11.0 Å². The van der Waals surface area contributed by atoms with E-state index >= 15 is 0 Å². The lowest BCUT2D eigenvalue weighted by molar-refractivity contribution is -0.632. The van der Waals surface area contributed by atoms with Gasteiger partial charge in [-0.2, -0.15) is 0 Å². The van der Waals surface area contributed by atoms with E-state index in [2.05, 4.69) is 62.6 Å². The fraction of sp³-hybridized carbons (Fsp3) is 0.353. The maximum absolute atomic E-state index is 4.45. The molecule has 0 spiro atoms. The van der Waals surface area contributed by atoms with Gasteiger partial charge in [-0.15, -0.1) is 0 Å². The smallest absolute Gasteiger partial charge is 0.303 e. The molecule has 1 aliphatic rings. The zero-order valence-electron chi connectivity index (χ0n) is 13.6. The lowest BCUT2D eigenvalue weighted by Gasteiger charge is -2.21. The van der Waals surface area contributed by atoms with Crippen molar-refractivity contribution in [2.75, 3.05) is 14.1 Å². The average molecular weight is 296 g/mol. The predicted octanol–water partition coefficient (Wildman–Crippen LogP) is 2.86. The van der Waals surface area contributed by atoms with Crippen LogP contribution in [0.1, 0.15) is 6.42 Å². The number of hydrogen-bond donors (Lipinski definition) is 0. The lowest BCUT2D eigenvalue weighted by Crippen LogP contribution is -2.27. The Morgan fingerprint density at radius 3 is 2.64 bits per heavy atom. The van der Waals surface area contributed by atoms with Gasteiger partial charge in [0.05, 0.1) is 19.8 Å². The number of azo groups is 1. The summed E-state index contributed by atoms with van der Waals surface area (Å²) < 4.78 is 4.13. The molecule has 0 saturated carbocycles. The van der Waals surface area contributed by atoms with Gasteiger partial charge in [-0.05, 0) is 38.7 Å². The van der Waals surface area contributed by atoms with Crippen LogP contribution in [-0.4, -0.2) is 29.6 Å². The van der Waals surface area contributed by atoms with Crippen LogP contribution in [0.4, 0.5) is 5.95 Å². The van der Waals surface area contributed by atoms with Crippen LogP contribution in [0, 0.1) is 0 Å². The van der Waals surface area contributed by atoms with Gasteiger partial charge in [-0.25, -0.2) is 9.13 Å². The van der Waals surface area contributed by atoms with Crippen molar-refractivity contribution < 1.29 is 4.57 Å². The number of rotatable bonds is 3. The van der Waals surface area contributed by atoms with Crippen LogP contribution in [-0.2, 0) is 14.1 Å². The summed E-state index contributed by atoms with van der Waals surface area (Å²) in [6.07, 6.45) is 7.33. The molecular formula is C17H22N5+. The summed E-state index contributed by atoms with van der Waals surface area (Å²) >= 11 is 0. The quantitative estimate of drug-likeness (QED) is 0.634. The number of aryl methyl sites for hydroxylation is 2. The first-order valence-corrected chi connectivity index (χ1v) is 7.48. The summed E-state index contributed by atoms with van der Waals surface area (Å²) in [4.78, 5) is 2.20. The minimum atomic E-state index is 0.452. The van der Waals surface area contributed by atoms with Gasteiger partial charge in [-0.1, -0.05) is 29.4 Å². The monoisotopic (exact) mass is 296 g/mol. The average Bonchev–Trinajstić information content (AvgIpc) is 2.78. The molecule has 5 heteroatoms. The molecule has 114 valence electrons. The molecule has 1 atom stereocenters. The zero-order valence-corrected chi connectivity index (χ0v) is 13.6. The third kappa shape index (κ3) is 2.60. The van der Waals surface area contributed by atoms with E-state index < -0.39 is 0 Å². The van der Waals surface area contributed by atoms with Gasteiger partial charge in [0.25, 0.3) is 0 Å². The van der Waals surface area contributed by atoms with E-state index in [1.165, 1.54) is 0 Å². The number of likely N-dealkylation sites (N-methyl/N-ethyl adjacent to an activating group) is 1. The molecule has 0 bridgehead atoms. The summed E-state index contributed by atoms with van der Waals surface area (Å²) in [5, 5.41) is 8.86. The highest BCUT2D eigenvalue weighted by molar-refractivity contribution is 5.73. The van der Waals surface area contributed by atoms with E-state index in [9.17, 15) is 0 Å². The Bertz CT molecular complexity index is 741. The number of allylic oxidation sites excluding steroid dienone is 1. The second-order valence-electron chi connectivity index (χ2n) is 5.86. The van der Waals surface area contributed by atoms with E-state index in [-0.39, 0.29) is 0 Å². The number of fused-ring (bicyclic) bond motifs is 1. The Morgan fingerprint density at radius 2 is 2.00 bits per heavy atom. The van der Waals surface area contributed by atoms with Crippen molar-refractivity contribution in [3.8, 4) is 0 Å². The molecule has 0 amide bonds. The maximum Gasteiger partial charge on any atom is 0.422 e. The fourth-order valence-corrected chi connectivity index (χ4v) is 2.76. The molecular weight excluding hydrogens is 274 g/mol. The van der Waals surface area contributed by atoms with Crippen molar-refractivity contribution in [2.24, 2.45) is 24.3 Å². The summed E-state index contributed by atoms with van der Waals surface area (Å²) in [6, 6.07) is 8.72. The normalized spacial score (nSPS) is 18.6. The highest BCUT2D eigenvalue weighted by atomic mass is 15.3. The highest BCUT2D eigenvalue weighted by Crippen LogP contribution is 2.20. The molecule has 0 N–H and O–H groups in total. The molecule has 3 rings (SSSR count). The summed E-state index contributed by atoms with van der Waals surface area (Å²) in [5.41, 5.74) is 3.22. The number of nitrogens with zero attached hydrogens (tertiary/aromatic N) is 5. The van der Waals surface area contributed by atoms with E-state index in [0.29, 0.717) is 6.04 Å². The van der Waals surface area contributed by atoms with Gasteiger partial charge < -0.3 is 4.90 Å². The Balaban J connectivity index is 1.87. The molecule has 5 nitrogen and oxygen atoms in total.